The molecule has 0 spiro atoms. The summed E-state index contributed by atoms with van der Waals surface area (Å²) in [5.74, 6) is -3.85. The molecule has 3 rings (SSSR count). The van der Waals surface area contributed by atoms with E-state index < -0.39 is 42.1 Å². The average molecular weight is 675 g/mol. The average Bonchev–Trinajstić information content (AvgIpc) is 2.96. The minimum Gasteiger partial charge on any atom is -0.508 e. The normalized spacial score (nSPS) is 19.6. The van der Waals surface area contributed by atoms with E-state index in [9.17, 15) is 37.5 Å². The molecule has 0 unspecified atom stereocenters. The summed E-state index contributed by atoms with van der Waals surface area (Å²) in [5.41, 5.74) is 8.16. The molecular weight excluding hydrogens is 641 g/mol. The van der Waals surface area contributed by atoms with Crippen molar-refractivity contribution in [3.8, 4) is 5.75 Å². The van der Waals surface area contributed by atoms with E-state index in [4.69, 9.17) is 20.7 Å². The van der Waals surface area contributed by atoms with E-state index in [1.807, 2.05) is 0 Å². The lowest BCUT2D eigenvalue weighted by Crippen LogP contribution is -2.51. The van der Waals surface area contributed by atoms with Gasteiger partial charge in [0.15, 0.2) is 0 Å². The third kappa shape index (κ3) is 14.1. The number of phenols is 1. The largest absolute Gasteiger partial charge is 0.508 e. The topological polar surface area (TPSA) is 208 Å². The lowest BCUT2D eigenvalue weighted by molar-refractivity contribution is -0.192. The van der Waals surface area contributed by atoms with Crippen molar-refractivity contribution in [3.05, 3.63) is 65.2 Å². The second-order valence-corrected chi connectivity index (χ2v) is 12.4. The zero-order valence-corrected chi connectivity index (χ0v) is 25.3. The summed E-state index contributed by atoms with van der Waals surface area (Å²) in [6.07, 6.45) is -4.53. The van der Waals surface area contributed by atoms with Crippen LogP contribution in [0.15, 0.2) is 48.5 Å². The Morgan fingerprint density at radius 1 is 0.978 bits per heavy atom. The molecular formula is C28H33F3N4O8S2. The number of benzene rings is 2. The Labute approximate surface area is 264 Å². The van der Waals surface area contributed by atoms with Gasteiger partial charge >= 0.3 is 18.1 Å². The predicted octanol–water partition coefficient (Wildman–Crippen LogP) is 1.98. The standard InChI is InChI=1S/C26H32N4O6S2.C2HF3O2/c27-21-9-10-37-38-15-22(26(36)28-14-18-4-2-1-3-17(18)12-24(33)34)30-23(32)13-19(29-25(21)35)11-16-5-7-20(31)8-6-16;3-2(4,5)1(6)7/h1-8,19,21-22,31H,9-15,27H2,(H,28,36)(H,29,35)(H,30,32)(H,33,34);(H,6,7)/t19-,21-,22-;/m0./s1. The van der Waals surface area contributed by atoms with E-state index in [-0.39, 0.29) is 37.0 Å². The lowest BCUT2D eigenvalue weighted by atomic mass is 10.0. The van der Waals surface area contributed by atoms with Gasteiger partial charge < -0.3 is 37.0 Å². The number of alkyl halides is 3. The molecule has 0 aromatic heterocycles. The SMILES string of the molecule is N[C@H]1CCSSC[C@@H](C(=O)NCc2ccccc2CC(=O)O)NC(=O)C[C@H](Cc2ccc(O)cc2)NC1=O.O=C(O)C(F)(F)F. The Hall–Kier alpha value is -3.96. The van der Waals surface area contributed by atoms with Crippen molar-refractivity contribution < 1.29 is 52.5 Å². The Bertz CT molecular complexity index is 1330. The molecule has 1 saturated heterocycles. The first-order chi connectivity index (χ1) is 21.1. The molecule has 3 atom stereocenters. The van der Waals surface area contributed by atoms with Crippen LogP contribution in [0.3, 0.4) is 0 Å². The number of carbonyl (C=O) groups excluding carboxylic acids is 3. The number of nitrogens with two attached hydrogens (primary N) is 1. The van der Waals surface area contributed by atoms with Crippen LogP contribution in [0.2, 0.25) is 0 Å². The Morgan fingerprint density at radius 2 is 1.60 bits per heavy atom. The van der Waals surface area contributed by atoms with Crippen LogP contribution in [-0.4, -0.2) is 80.8 Å². The van der Waals surface area contributed by atoms with Crippen LogP contribution in [0.1, 0.15) is 29.5 Å². The summed E-state index contributed by atoms with van der Waals surface area (Å²) >= 11 is 0. The molecule has 1 heterocycles. The van der Waals surface area contributed by atoms with Crippen LogP contribution in [0.4, 0.5) is 13.2 Å². The first kappa shape index (κ1) is 37.2. The fourth-order valence-electron chi connectivity index (χ4n) is 3.91. The van der Waals surface area contributed by atoms with Gasteiger partial charge in [-0.1, -0.05) is 58.0 Å². The van der Waals surface area contributed by atoms with Gasteiger partial charge in [0.05, 0.1) is 12.5 Å². The molecule has 45 heavy (non-hydrogen) atoms. The van der Waals surface area contributed by atoms with Crippen molar-refractivity contribution in [2.24, 2.45) is 5.73 Å². The molecule has 3 amide bonds. The number of carboxylic acid groups (broad SMARTS) is 2. The number of halogens is 3. The zero-order chi connectivity index (χ0) is 33.6. The van der Waals surface area contributed by atoms with Crippen molar-refractivity contribution in [2.75, 3.05) is 11.5 Å². The Morgan fingerprint density at radius 3 is 2.20 bits per heavy atom. The van der Waals surface area contributed by atoms with E-state index >= 15 is 0 Å². The molecule has 0 bridgehead atoms. The molecule has 0 saturated carbocycles. The van der Waals surface area contributed by atoms with Gasteiger partial charge in [0.1, 0.15) is 11.8 Å². The second-order valence-electron chi connectivity index (χ2n) is 9.76. The van der Waals surface area contributed by atoms with Gasteiger partial charge in [-0.2, -0.15) is 13.2 Å². The van der Waals surface area contributed by atoms with Crippen LogP contribution in [0.25, 0.3) is 0 Å². The Kier molecular flexibility index (Phi) is 15.0. The van der Waals surface area contributed by atoms with Gasteiger partial charge in [-0.25, -0.2) is 4.79 Å². The number of aliphatic carboxylic acids is 2. The predicted molar refractivity (Wildman–Crippen MR) is 161 cm³/mol. The highest BCUT2D eigenvalue weighted by Gasteiger charge is 2.38. The van der Waals surface area contributed by atoms with Crippen LogP contribution in [-0.2, 0) is 43.4 Å². The van der Waals surface area contributed by atoms with Crippen molar-refractivity contribution in [1.29, 1.82) is 0 Å². The van der Waals surface area contributed by atoms with E-state index in [0.29, 0.717) is 35.5 Å². The minimum atomic E-state index is -5.08. The first-order valence-electron chi connectivity index (χ1n) is 13.4. The lowest BCUT2D eigenvalue weighted by Gasteiger charge is -2.22. The maximum atomic E-state index is 13.1. The van der Waals surface area contributed by atoms with Crippen LogP contribution in [0, 0.1) is 0 Å². The van der Waals surface area contributed by atoms with Crippen LogP contribution >= 0.6 is 21.6 Å². The van der Waals surface area contributed by atoms with Crippen molar-refractivity contribution >= 4 is 51.2 Å². The third-order valence-electron chi connectivity index (χ3n) is 6.17. The minimum absolute atomic E-state index is 0.0671. The van der Waals surface area contributed by atoms with Gasteiger partial charge in [-0.3, -0.25) is 19.2 Å². The summed E-state index contributed by atoms with van der Waals surface area (Å²) in [5, 5.41) is 34.3. The van der Waals surface area contributed by atoms with Gasteiger partial charge in [0.25, 0.3) is 0 Å². The van der Waals surface area contributed by atoms with Gasteiger partial charge in [0, 0.05) is 30.5 Å². The number of hydrogen-bond acceptors (Lipinski definition) is 9. The number of hydrogen-bond donors (Lipinski definition) is 7. The molecule has 12 nitrogen and oxygen atoms in total. The summed E-state index contributed by atoms with van der Waals surface area (Å²) in [6, 6.07) is 11.4. The van der Waals surface area contributed by atoms with Gasteiger partial charge in [-0.05, 0) is 41.7 Å². The number of phenolic OH excluding ortho intramolecular Hbond substituents is 1. The number of nitrogens with one attached hydrogen (secondary N) is 3. The van der Waals surface area contributed by atoms with E-state index in [1.165, 1.54) is 33.7 Å². The van der Waals surface area contributed by atoms with Crippen molar-refractivity contribution in [1.82, 2.24) is 16.0 Å². The molecule has 246 valence electrons. The first-order valence-corrected chi connectivity index (χ1v) is 15.9. The number of aromatic hydroxyl groups is 1. The maximum Gasteiger partial charge on any atom is 0.490 e. The zero-order valence-electron chi connectivity index (χ0n) is 23.7. The summed E-state index contributed by atoms with van der Waals surface area (Å²) in [4.78, 5) is 58.8. The molecule has 0 aliphatic carbocycles. The number of carbonyl (C=O) groups is 5. The highest BCUT2D eigenvalue weighted by Crippen LogP contribution is 2.24. The smallest absolute Gasteiger partial charge is 0.490 e. The molecule has 0 radical (unpaired) electrons. The summed E-state index contributed by atoms with van der Waals surface area (Å²) in [6.45, 7) is 0.126. The van der Waals surface area contributed by atoms with Crippen molar-refractivity contribution in [3.63, 3.8) is 0 Å². The van der Waals surface area contributed by atoms with E-state index in [0.717, 1.165) is 5.56 Å². The van der Waals surface area contributed by atoms with E-state index in [1.54, 1.807) is 36.4 Å². The van der Waals surface area contributed by atoms with Gasteiger partial charge in [0.2, 0.25) is 17.7 Å². The molecule has 17 heteroatoms. The Balaban J connectivity index is 0.000000900. The van der Waals surface area contributed by atoms with Gasteiger partial charge in [-0.15, -0.1) is 0 Å². The molecule has 2 aromatic carbocycles. The third-order valence-corrected chi connectivity index (χ3v) is 8.62. The molecule has 1 fully saturated rings. The number of amides is 3. The van der Waals surface area contributed by atoms with E-state index in [2.05, 4.69) is 16.0 Å². The maximum absolute atomic E-state index is 13.1. The van der Waals surface area contributed by atoms with Crippen LogP contribution in [0.5, 0.6) is 5.75 Å². The highest BCUT2D eigenvalue weighted by molar-refractivity contribution is 8.76. The summed E-state index contributed by atoms with van der Waals surface area (Å²) in [7, 11) is 2.87. The molecule has 8 N–H and O–H groups in total. The second kappa shape index (κ2) is 18.1. The number of rotatable bonds is 7. The number of carboxylic acids is 2. The molecule has 1 aliphatic heterocycles. The fraction of sp³-hybridized carbons (Fsp3) is 0.393. The fourth-order valence-corrected chi connectivity index (χ4v) is 6.19. The summed E-state index contributed by atoms with van der Waals surface area (Å²) < 4.78 is 31.7. The monoisotopic (exact) mass is 674 g/mol. The van der Waals surface area contributed by atoms with Crippen molar-refractivity contribution in [2.45, 2.75) is 56.5 Å². The highest BCUT2D eigenvalue weighted by atomic mass is 33.1. The molecule has 2 aromatic rings. The van der Waals surface area contributed by atoms with Crippen LogP contribution < -0.4 is 21.7 Å². The molecule has 1 aliphatic rings. The quantitative estimate of drug-likeness (QED) is 0.211.